The third-order valence-corrected chi connectivity index (χ3v) is 2.93. The minimum absolute atomic E-state index is 0.373. The largest absolute Gasteiger partial charge is 0.328 e. The highest BCUT2D eigenvalue weighted by atomic mass is 15.0. The second-order valence-corrected chi connectivity index (χ2v) is 4.03. The van der Waals surface area contributed by atoms with Crippen molar-refractivity contribution in [3.63, 3.8) is 0 Å². The summed E-state index contributed by atoms with van der Waals surface area (Å²) in [6.45, 7) is 5.50. The molecule has 0 saturated carbocycles. The molecule has 0 aromatic heterocycles. The predicted octanol–water partition coefficient (Wildman–Crippen LogP) is 1.50. The van der Waals surface area contributed by atoms with Crippen molar-refractivity contribution in [2.75, 3.05) is 6.54 Å². The standard InChI is InChI=1S/C10H22N2/c1-3-4-5-6-10-9(7-12-10)8(2)11/h8-10,12H,3-7,11H2,1-2H3. The Morgan fingerprint density at radius 1 is 1.50 bits per heavy atom. The van der Waals surface area contributed by atoms with E-state index in [1.54, 1.807) is 0 Å². The average molecular weight is 170 g/mol. The van der Waals surface area contributed by atoms with Gasteiger partial charge in [0.2, 0.25) is 0 Å². The first-order chi connectivity index (χ1) is 5.75. The summed E-state index contributed by atoms with van der Waals surface area (Å²) in [6, 6.07) is 1.09. The fourth-order valence-corrected chi connectivity index (χ4v) is 1.90. The Balaban J connectivity index is 2.08. The number of rotatable bonds is 5. The first-order valence-corrected chi connectivity index (χ1v) is 5.24. The summed E-state index contributed by atoms with van der Waals surface area (Å²) < 4.78 is 0. The lowest BCUT2D eigenvalue weighted by Gasteiger charge is -2.40. The summed E-state index contributed by atoms with van der Waals surface area (Å²) >= 11 is 0. The zero-order valence-electron chi connectivity index (χ0n) is 8.34. The molecule has 72 valence electrons. The van der Waals surface area contributed by atoms with Gasteiger partial charge in [-0.05, 0) is 13.3 Å². The zero-order valence-corrected chi connectivity index (χ0v) is 8.34. The number of unbranched alkanes of at least 4 members (excludes halogenated alkanes) is 2. The van der Waals surface area contributed by atoms with E-state index in [2.05, 4.69) is 19.2 Å². The van der Waals surface area contributed by atoms with Gasteiger partial charge in [-0.1, -0.05) is 26.2 Å². The fourth-order valence-electron chi connectivity index (χ4n) is 1.90. The van der Waals surface area contributed by atoms with E-state index in [1.165, 1.54) is 25.7 Å². The quantitative estimate of drug-likeness (QED) is 0.614. The molecule has 1 saturated heterocycles. The monoisotopic (exact) mass is 170 g/mol. The Hall–Kier alpha value is -0.0800. The van der Waals surface area contributed by atoms with E-state index in [4.69, 9.17) is 5.73 Å². The molecule has 12 heavy (non-hydrogen) atoms. The predicted molar refractivity (Wildman–Crippen MR) is 53.1 cm³/mol. The summed E-state index contributed by atoms with van der Waals surface area (Å²) in [4.78, 5) is 0. The average Bonchev–Trinajstić information content (AvgIpc) is 1.94. The highest BCUT2D eigenvalue weighted by Crippen LogP contribution is 2.21. The van der Waals surface area contributed by atoms with Crippen molar-refractivity contribution in [1.82, 2.24) is 5.32 Å². The van der Waals surface area contributed by atoms with Gasteiger partial charge in [-0.2, -0.15) is 0 Å². The van der Waals surface area contributed by atoms with Crippen LogP contribution in [0.4, 0.5) is 0 Å². The molecule has 1 aliphatic heterocycles. The van der Waals surface area contributed by atoms with Gasteiger partial charge in [0.25, 0.3) is 0 Å². The van der Waals surface area contributed by atoms with Crippen LogP contribution in [0.1, 0.15) is 39.5 Å². The molecule has 0 amide bonds. The van der Waals surface area contributed by atoms with Gasteiger partial charge in [0.15, 0.2) is 0 Å². The minimum Gasteiger partial charge on any atom is -0.328 e. The number of hydrogen-bond acceptors (Lipinski definition) is 2. The first-order valence-electron chi connectivity index (χ1n) is 5.24. The maximum Gasteiger partial charge on any atom is 0.0122 e. The van der Waals surface area contributed by atoms with Crippen LogP contribution in [0.5, 0.6) is 0 Å². The zero-order chi connectivity index (χ0) is 8.97. The molecule has 0 spiro atoms. The van der Waals surface area contributed by atoms with Crippen molar-refractivity contribution in [3.05, 3.63) is 0 Å². The van der Waals surface area contributed by atoms with Gasteiger partial charge in [-0.3, -0.25) is 0 Å². The highest BCUT2D eigenvalue weighted by Gasteiger charge is 2.31. The molecule has 0 radical (unpaired) electrons. The van der Waals surface area contributed by atoms with Crippen molar-refractivity contribution in [2.24, 2.45) is 11.7 Å². The van der Waals surface area contributed by atoms with E-state index < -0.39 is 0 Å². The van der Waals surface area contributed by atoms with Gasteiger partial charge < -0.3 is 11.1 Å². The van der Waals surface area contributed by atoms with Crippen molar-refractivity contribution in [1.29, 1.82) is 0 Å². The molecule has 0 bridgehead atoms. The van der Waals surface area contributed by atoms with Gasteiger partial charge in [0, 0.05) is 24.5 Å². The third-order valence-electron chi connectivity index (χ3n) is 2.93. The van der Waals surface area contributed by atoms with Gasteiger partial charge in [-0.25, -0.2) is 0 Å². The Morgan fingerprint density at radius 3 is 2.67 bits per heavy atom. The molecular weight excluding hydrogens is 148 g/mol. The van der Waals surface area contributed by atoms with Gasteiger partial charge >= 0.3 is 0 Å². The third kappa shape index (κ3) is 2.46. The van der Waals surface area contributed by atoms with Crippen LogP contribution in [0.25, 0.3) is 0 Å². The van der Waals surface area contributed by atoms with E-state index in [0.717, 1.165) is 18.5 Å². The smallest absolute Gasteiger partial charge is 0.0122 e. The highest BCUT2D eigenvalue weighted by molar-refractivity contribution is 4.92. The van der Waals surface area contributed by atoms with E-state index in [1.807, 2.05) is 0 Å². The first kappa shape index (κ1) is 10.0. The molecule has 1 aliphatic rings. The Bertz CT molecular complexity index is 123. The molecule has 1 fully saturated rings. The Kier molecular flexibility index (Phi) is 4.02. The molecule has 3 N–H and O–H groups in total. The van der Waals surface area contributed by atoms with Crippen molar-refractivity contribution in [2.45, 2.75) is 51.6 Å². The van der Waals surface area contributed by atoms with Crippen LogP contribution >= 0.6 is 0 Å². The fraction of sp³-hybridized carbons (Fsp3) is 1.00. The molecule has 3 atom stereocenters. The van der Waals surface area contributed by atoms with E-state index in [9.17, 15) is 0 Å². The minimum atomic E-state index is 0.373. The summed E-state index contributed by atoms with van der Waals surface area (Å²) in [6.07, 6.45) is 5.36. The molecule has 1 heterocycles. The van der Waals surface area contributed by atoms with Crippen LogP contribution in [-0.2, 0) is 0 Å². The summed E-state index contributed by atoms with van der Waals surface area (Å²) in [5.74, 6) is 0.738. The van der Waals surface area contributed by atoms with E-state index in [-0.39, 0.29) is 0 Å². The Morgan fingerprint density at radius 2 is 2.25 bits per heavy atom. The van der Waals surface area contributed by atoms with Crippen LogP contribution in [-0.4, -0.2) is 18.6 Å². The topological polar surface area (TPSA) is 38.0 Å². The number of nitrogens with one attached hydrogen (secondary N) is 1. The summed E-state index contributed by atoms with van der Waals surface area (Å²) in [7, 11) is 0. The summed E-state index contributed by atoms with van der Waals surface area (Å²) in [5, 5.41) is 3.46. The van der Waals surface area contributed by atoms with Crippen molar-refractivity contribution >= 4 is 0 Å². The van der Waals surface area contributed by atoms with E-state index >= 15 is 0 Å². The maximum atomic E-state index is 5.85. The maximum absolute atomic E-state index is 5.85. The number of hydrogen-bond donors (Lipinski definition) is 2. The lowest BCUT2D eigenvalue weighted by molar-refractivity contribution is 0.188. The normalized spacial score (nSPS) is 31.2. The van der Waals surface area contributed by atoms with Crippen LogP contribution in [0.15, 0.2) is 0 Å². The van der Waals surface area contributed by atoms with Gasteiger partial charge in [0.1, 0.15) is 0 Å². The van der Waals surface area contributed by atoms with Crippen LogP contribution in [0.2, 0.25) is 0 Å². The SMILES string of the molecule is CCCCCC1NCC1C(C)N. The van der Waals surface area contributed by atoms with E-state index in [0.29, 0.717) is 6.04 Å². The molecule has 0 aromatic rings. The molecule has 2 heteroatoms. The second-order valence-electron chi connectivity index (χ2n) is 4.03. The second kappa shape index (κ2) is 4.83. The van der Waals surface area contributed by atoms with Gasteiger partial charge in [-0.15, -0.1) is 0 Å². The lowest BCUT2D eigenvalue weighted by atomic mass is 9.83. The molecule has 0 aromatic carbocycles. The van der Waals surface area contributed by atoms with Crippen LogP contribution in [0.3, 0.4) is 0 Å². The molecule has 0 aliphatic carbocycles. The molecular formula is C10H22N2. The van der Waals surface area contributed by atoms with Crippen molar-refractivity contribution in [3.8, 4) is 0 Å². The number of nitrogens with two attached hydrogens (primary N) is 1. The Labute approximate surface area is 75.9 Å². The molecule has 2 nitrogen and oxygen atoms in total. The van der Waals surface area contributed by atoms with Gasteiger partial charge in [0.05, 0.1) is 0 Å². The lowest BCUT2D eigenvalue weighted by Crippen LogP contribution is -2.58. The summed E-state index contributed by atoms with van der Waals surface area (Å²) in [5.41, 5.74) is 5.85. The van der Waals surface area contributed by atoms with Crippen molar-refractivity contribution < 1.29 is 0 Å². The van der Waals surface area contributed by atoms with Crippen LogP contribution < -0.4 is 11.1 Å². The molecule has 1 rings (SSSR count). The van der Waals surface area contributed by atoms with Crippen LogP contribution in [0, 0.1) is 5.92 Å². The molecule has 3 unspecified atom stereocenters.